The third kappa shape index (κ3) is 12.8. The summed E-state index contributed by atoms with van der Waals surface area (Å²) in [6.07, 6.45) is 9.55. The first-order valence-corrected chi connectivity index (χ1v) is 39.9. The molecule has 4 bridgehead atoms. The average Bonchev–Trinajstić information content (AvgIpc) is 1.50. The Morgan fingerprint density at radius 2 is 0.877 bits per heavy atom. The number of furan rings is 1. The van der Waals surface area contributed by atoms with Crippen LogP contribution in [-0.2, 0) is 10.8 Å². The summed E-state index contributed by atoms with van der Waals surface area (Å²) in [5.74, 6) is 3.64. The van der Waals surface area contributed by atoms with Crippen molar-refractivity contribution in [1.82, 2.24) is 4.98 Å². The number of para-hydroxylation sites is 6. The summed E-state index contributed by atoms with van der Waals surface area (Å²) in [6.45, 7) is 31.5. The molecule has 7 aromatic carbocycles. The van der Waals surface area contributed by atoms with Crippen LogP contribution < -0.4 is 24.5 Å². The minimum absolute atomic E-state index is 0.140. The van der Waals surface area contributed by atoms with E-state index in [4.69, 9.17) is 22.2 Å². The van der Waals surface area contributed by atoms with Crippen molar-refractivity contribution < 1.29 is 25.0 Å². The highest BCUT2D eigenvalue weighted by Crippen LogP contribution is 2.70. The summed E-state index contributed by atoms with van der Waals surface area (Å²) in [4.78, 5) is 15.5. The van der Waals surface area contributed by atoms with E-state index >= 15 is 0 Å². The van der Waals surface area contributed by atoms with E-state index in [0.29, 0.717) is 17.4 Å². The van der Waals surface area contributed by atoms with Crippen LogP contribution in [0.1, 0.15) is 260 Å². The van der Waals surface area contributed by atoms with Gasteiger partial charge >= 0.3 is 0 Å². The summed E-state index contributed by atoms with van der Waals surface area (Å²) in [5.41, 5.74) is 9.33. The Kier molecular flexibility index (Phi) is 15.4. The standard InChI is InChI=1S/C23H33N.C22H27NO.C19H29N.C18H21N.C17H20N2/c1-15-7-5-6-8-21(15)24-16(2)23(14-22(24,3)4)19-10-17-9-18(12-19)13-20(23)11-17;1-14-11-12-17-16-9-7-8-10-18(16)24-20(17)19(14)23-15(2)21(3,4)13-22(23,5)6;1-15-10-6-7-11-17(15)20-16(2)19(14-18(20,3)4)12-8-5-9-13-19;1-13-9-5-7-11-16(13)19-14(2)18(3,4)15-10-6-8-12-17(15)19;1-12-8-5-6-10-15(12)19-13(2)17(3,4)14-9-7-11-18-16(14)19/h5-8,16-20H,9-14H2,1-4H3;7-12,15H,13H2,1-6H3;6-7,10-11,16H,5,8-9,12-14H2,1-4H3;5-12,14H,1-4H3;5-11,13H,1-4H3/i14D2;3D3,13D2;14D2;2*3D3. The van der Waals surface area contributed by atoms with Gasteiger partial charge in [-0.05, 0) is 291 Å². The van der Waals surface area contributed by atoms with Gasteiger partial charge in [-0.2, -0.15) is 0 Å². The Labute approximate surface area is 661 Å². The van der Waals surface area contributed by atoms with E-state index in [0.717, 1.165) is 97.4 Å². The maximum atomic E-state index is 9.52. The van der Waals surface area contributed by atoms with Crippen molar-refractivity contribution in [1.29, 1.82) is 0 Å². The van der Waals surface area contributed by atoms with Gasteiger partial charge in [-0.25, -0.2) is 4.98 Å². The molecular weight excluding hydrogens is 1290 g/mol. The number of benzene rings is 7. The molecule has 0 amide bonds. The van der Waals surface area contributed by atoms with Crippen LogP contribution in [-0.4, -0.2) is 51.8 Å². The SMILES string of the molecule is [2H]C([2H])([2H])C1(C)C(C)N(c2c(C)ccc3c2oc2ccccc23)C(C)(C)C1([2H])[2H].[2H]C([2H])([2H])C1(C)c2ccccc2N(c2ccccc2C)C1C.[2H]C([2H])([2H])C1(C)c2cccnc2N(c2ccccc2C)C1C.[2H]C1([2H])C2(C3CC4CC(C3)CC2C4)C(C)N(c2ccccc2C)C1(C)C.[2H]C1([2H])C2(CCCCC2)C(C)N(c2ccccc2C)C1(C)C. The quantitative estimate of drug-likeness (QED) is 0.170. The maximum absolute atomic E-state index is 9.52. The Morgan fingerprint density at radius 1 is 0.406 bits per heavy atom. The van der Waals surface area contributed by atoms with Crippen LogP contribution in [0.3, 0.4) is 0 Å². The van der Waals surface area contributed by atoms with E-state index in [1.54, 1.807) is 27.0 Å². The Morgan fingerprint density at radius 3 is 1.43 bits per heavy atom. The number of nitrogens with zero attached hydrogens (tertiary/aromatic N) is 6. The number of hydrogen-bond donors (Lipinski definition) is 0. The Balaban J connectivity index is 0.000000124. The largest absolute Gasteiger partial charge is 0.454 e. The highest BCUT2D eigenvalue weighted by Gasteiger charge is 2.66. The second-order valence-corrected chi connectivity index (χ2v) is 35.6. The van der Waals surface area contributed by atoms with Crippen LogP contribution in [0.15, 0.2) is 180 Å². The van der Waals surface area contributed by atoms with Crippen LogP contribution in [0.4, 0.5) is 39.9 Å². The van der Waals surface area contributed by atoms with E-state index in [2.05, 4.69) is 148 Å². The number of aromatic nitrogens is 1. The maximum Gasteiger partial charge on any atom is 0.158 e. The lowest BCUT2D eigenvalue weighted by Crippen LogP contribution is -2.57. The van der Waals surface area contributed by atoms with Crippen LogP contribution in [0.5, 0.6) is 0 Å². The van der Waals surface area contributed by atoms with Crippen molar-refractivity contribution in [2.75, 3.05) is 24.5 Å². The van der Waals surface area contributed by atoms with Crippen molar-refractivity contribution in [3.8, 4) is 0 Å². The summed E-state index contributed by atoms with van der Waals surface area (Å²) < 4.78 is 134. The van der Waals surface area contributed by atoms with Crippen molar-refractivity contribution in [2.24, 2.45) is 39.9 Å². The fourth-order valence-corrected chi connectivity index (χ4v) is 22.2. The topological polar surface area (TPSA) is 42.2 Å². The van der Waals surface area contributed by atoms with Crippen LogP contribution in [0.25, 0.3) is 21.9 Å². The number of fused-ring (bicyclic) bond motifs is 5. The van der Waals surface area contributed by atoms with E-state index in [9.17, 15) is 2.74 Å². The second kappa shape index (κ2) is 27.9. The molecule has 0 N–H and O–H groups in total. The third-order valence-corrected chi connectivity index (χ3v) is 27.4. The minimum atomic E-state index is -2.46. The lowest BCUT2D eigenvalue weighted by molar-refractivity contribution is -0.113. The molecule has 7 heteroatoms. The molecule has 7 nitrogen and oxygen atoms in total. The molecule has 5 saturated carbocycles. The Hall–Kier alpha value is -7.51. The Bertz CT molecular complexity index is 5170. The number of pyridine rings is 1. The molecule has 0 radical (unpaired) electrons. The summed E-state index contributed by atoms with van der Waals surface area (Å²) in [5, 5.41) is 1.95. The van der Waals surface area contributed by atoms with Crippen molar-refractivity contribution in [3.05, 3.63) is 215 Å². The zero-order valence-electron chi connectivity index (χ0n) is 82.1. The highest BCUT2D eigenvalue weighted by molar-refractivity contribution is 6.09. The van der Waals surface area contributed by atoms with E-state index in [-0.39, 0.29) is 35.0 Å². The van der Waals surface area contributed by atoms with Gasteiger partial charge in [0.05, 0.1) is 5.69 Å². The molecule has 2 aromatic heterocycles. The molecular formula is C99H130N6O. The first kappa shape index (κ1) is 58.5. The predicted molar refractivity (Wildman–Crippen MR) is 454 cm³/mol. The molecule has 3 saturated heterocycles. The van der Waals surface area contributed by atoms with Gasteiger partial charge in [0.1, 0.15) is 11.4 Å². The van der Waals surface area contributed by atoms with Gasteiger partial charge in [-0.3, -0.25) is 0 Å². The molecule has 562 valence electrons. The fraction of sp³-hybridized carbons (Fsp3) is 0.525. The number of hydrogen-bond acceptors (Lipinski definition) is 7. The summed E-state index contributed by atoms with van der Waals surface area (Å²) in [6, 6.07) is 56.2. The number of rotatable bonds is 5. The van der Waals surface area contributed by atoms with Gasteiger partial charge in [-0.15, -0.1) is 0 Å². The molecule has 19 rings (SSSR count). The van der Waals surface area contributed by atoms with Crippen LogP contribution in [0, 0.1) is 74.5 Å². The van der Waals surface area contributed by atoms with E-state index in [1.165, 1.54) is 73.9 Å². The number of aryl methyl sites for hydroxylation is 5. The fourth-order valence-electron chi connectivity index (χ4n) is 22.2. The number of anilines is 7. The smallest absolute Gasteiger partial charge is 0.158 e. The van der Waals surface area contributed by atoms with Gasteiger partial charge in [0.2, 0.25) is 0 Å². The molecule has 7 heterocycles. The molecule has 5 aliphatic heterocycles. The predicted octanol–water partition coefficient (Wildman–Crippen LogP) is 26.5. The van der Waals surface area contributed by atoms with Crippen molar-refractivity contribution in [2.45, 2.75) is 293 Å². The molecule has 5 aliphatic carbocycles. The lowest BCUT2D eigenvalue weighted by Gasteiger charge is -2.62. The lowest BCUT2D eigenvalue weighted by atomic mass is 9.43. The van der Waals surface area contributed by atoms with Gasteiger partial charge in [0.25, 0.3) is 0 Å². The van der Waals surface area contributed by atoms with Gasteiger partial charge in [-0.1, -0.05) is 188 Å². The van der Waals surface area contributed by atoms with Crippen molar-refractivity contribution >= 4 is 61.9 Å². The van der Waals surface area contributed by atoms with Gasteiger partial charge in [0, 0.05) is 129 Å². The molecule has 8 fully saturated rings. The third-order valence-electron chi connectivity index (χ3n) is 27.4. The van der Waals surface area contributed by atoms with E-state index < -0.39 is 78.6 Å². The molecule has 106 heavy (non-hydrogen) atoms. The van der Waals surface area contributed by atoms with Crippen LogP contribution >= 0.6 is 0 Å². The van der Waals surface area contributed by atoms with Gasteiger partial charge < -0.3 is 28.9 Å². The molecule has 2 spiro atoms. The van der Waals surface area contributed by atoms with Crippen LogP contribution in [0.2, 0.25) is 0 Å². The minimum Gasteiger partial charge on any atom is -0.454 e. The summed E-state index contributed by atoms with van der Waals surface area (Å²) in [7, 11) is 0. The molecule has 10 aliphatic rings. The summed E-state index contributed by atoms with van der Waals surface area (Å²) >= 11 is 0. The average molecular weight is 1440 g/mol. The second-order valence-electron chi connectivity index (χ2n) is 35.6. The molecule has 9 aromatic rings. The molecule has 8 atom stereocenters. The first-order valence-electron chi connectivity index (χ1n) is 47.4. The van der Waals surface area contributed by atoms with Crippen molar-refractivity contribution in [3.63, 3.8) is 0 Å². The van der Waals surface area contributed by atoms with E-state index in [1.807, 2.05) is 163 Å². The monoisotopic (exact) mass is 1430 g/mol. The highest BCUT2D eigenvalue weighted by atomic mass is 16.3. The zero-order chi connectivity index (χ0) is 88.5. The molecule has 8 unspecified atom stereocenters. The zero-order valence-corrected chi connectivity index (χ0v) is 67.1. The first-order chi connectivity index (χ1) is 56.3. The van der Waals surface area contributed by atoms with Gasteiger partial charge in [0.15, 0.2) is 5.58 Å². The normalized spacial score (nSPS) is 34.6.